The molecule has 16 nitrogen and oxygen atoms in total. The molecule has 352 valence electrons. The number of nitriles is 2. The van der Waals surface area contributed by atoms with Crippen LogP contribution in [0.3, 0.4) is 0 Å². The van der Waals surface area contributed by atoms with Gasteiger partial charge in [-0.1, -0.05) is 54.6 Å². The smallest absolute Gasteiger partial charge is 0.408 e. The fourth-order valence-electron chi connectivity index (χ4n) is 6.00. The number of nitrogens with one attached hydrogen (secondary N) is 4. The number of thioether (sulfide) groups is 1. The van der Waals surface area contributed by atoms with Gasteiger partial charge in [0.2, 0.25) is 5.91 Å². The summed E-state index contributed by atoms with van der Waals surface area (Å²) in [4.78, 5) is 60.3. The summed E-state index contributed by atoms with van der Waals surface area (Å²) in [5.74, 6) is -0.0705. The summed E-state index contributed by atoms with van der Waals surface area (Å²) in [6, 6.07) is 16.8. The second kappa shape index (κ2) is 25.0. The van der Waals surface area contributed by atoms with E-state index >= 15 is 0 Å². The van der Waals surface area contributed by atoms with Crippen LogP contribution in [0, 0.1) is 22.7 Å². The van der Waals surface area contributed by atoms with E-state index in [0.29, 0.717) is 64.4 Å². The van der Waals surface area contributed by atoms with Crippen molar-refractivity contribution in [3.05, 3.63) is 75.8 Å². The van der Waals surface area contributed by atoms with Crippen LogP contribution in [0.25, 0.3) is 21.7 Å². The second-order valence-electron chi connectivity index (χ2n) is 16.9. The van der Waals surface area contributed by atoms with Crippen LogP contribution in [0.5, 0.6) is 5.75 Å². The van der Waals surface area contributed by atoms with Crippen LogP contribution in [0.4, 0.5) is 15.4 Å². The highest BCUT2D eigenvalue weighted by Crippen LogP contribution is 2.38. The summed E-state index contributed by atoms with van der Waals surface area (Å²) in [6.07, 6.45) is 0.573. The van der Waals surface area contributed by atoms with E-state index in [0.717, 1.165) is 22.7 Å². The normalized spacial score (nSPS) is 12.1. The van der Waals surface area contributed by atoms with Crippen LogP contribution in [-0.2, 0) is 29.6 Å². The molecule has 2 atom stereocenters. The van der Waals surface area contributed by atoms with Gasteiger partial charge in [-0.2, -0.15) is 10.5 Å². The highest BCUT2D eigenvalue weighted by atomic mass is 35.5. The van der Waals surface area contributed by atoms with Crippen molar-refractivity contribution in [1.82, 2.24) is 25.9 Å². The standard InChI is InChI=1S/C47H57ClN8O8S2/c1-9-21-51-39-35(25-49)38(36(26-50)42(56-39)66-28-33-27-65-41(54-33)31-13-17-32(48)18-14-31)30-15-19-34(20-16-30)61-23-24-62-43(58)29(2)53-40(57)37(55-45(60)64-47(6,7)8)12-10-11-22-52-44(59)63-46(3,4)5/h13-20,27,29,37H,9-12,21-24,28H2,1-8H3,(H,51,56)(H,52,59)(H,53,57)(H,55,60)/t29-,37-/m0/s1. The summed E-state index contributed by atoms with van der Waals surface area (Å²) in [6.45, 7) is 14.5. The van der Waals surface area contributed by atoms with Crippen molar-refractivity contribution in [2.45, 2.75) is 115 Å². The number of halogens is 1. The van der Waals surface area contributed by atoms with Gasteiger partial charge in [-0.15, -0.1) is 11.3 Å². The average molecular weight is 962 g/mol. The molecule has 0 unspecified atom stereocenters. The van der Waals surface area contributed by atoms with Gasteiger partial charge in [0.15, 0.2) is 0 Å². The number of aromatic nitrogens is 2. The third-order valence-corrected chi connectivity index (χ3v) is 11.2. The monoisotopic (exact) mass is 960 g/mol. The topological polar surface area (TPSA) is 227 Å². The molecule has 0 fully saturated rings. The van der Waals surface area contributed by atoms with E-state index < -0.39 is 47.3 Å². The molecule has 0 radical (unpaired) electrons. The zero-order chi connectivity index (χ0) is 48.4. The van der Waals surface area contributed by atoms with Gasteiger partial charge in [0.05, 0.1) is 11.3 Å². The maximum absolute atomic E-state index is 13.3. The molecule has 0 saturated heterocycles. The molecule has 66 heavy (non-hydrogen) atoms. The first-order valence-corrected chi connectivity index (χ1v) is 23.7. The summed E-state index contributed by atoms with van der Waals surface area (Å²) in [5.41, 5.74) is 1.85. The van der Waals surface area contributed by atoms with E-state index in [9.17, 15) is 29.7 Å². The number of pyridine rings is 1. The quantitative estimate of drug-likeness (QED) is 0.0264. The number of alkyl carbamates (subject to hydrolysis) is 2. The Kier molecular flexibility index (Phi) is 19.9. The lowest BCUT2D eigenvalue weighted by molar-refractivity contribution is -0.148. The van der Waals surface area contributed by atoms with Gasteiger partial charge in [0.25, 0.3) is 0 Å². The van der Waals surface area contributed by atoms with Gasteiger partial charge in [0.1, 0.15) is 75.8 Å². The first kappa shape index (κ1) is 52.5. The molecule has 0 aliphatic rings. The lowest BCUT2D eigenvalue weighted by Gasteiger charge is -2.24. The highest BCUT2D eigenvalue weighted by Gasteiger charge is 2.28. The zero-order valence-corrected chi connectivity index (χ0v) is 40.9. The first-order chi connectivity index (χ1) is 31.3. The minimum atomic E-state index is -1.06. The van der Waals surface area contributed by atoms with Crippen LogP contribution < -0.4 is 26.0 Å². The van der Waals surface area contributed by atoms with Gasteiger partial charge < -0.3 is 40.2 Å². The van der Waals surface area contributed by atoms with Crippen molar-refractivity contribution in [1.29, 1.82) is 10.5 Å². The maximum Gasteiger partial charge on any atom is 0.408 e. The van der Waals surface area contributed by atoms with E-state index in [1.807, 2.05) is 36.6 Å². The number of anilines is 1. The van der Waals surface area contributed by atoms with Crippen molar-refractivity contribution in [3.63, 3.8) is 0 Å². The fraction of sp³-hybridized carbons (Fsp3) is 0.447. The summed E-state index contributed by atoms with van der Waals surface area (Å²) in [5, 5.41) is 35.8. The molecule has 2 aromatic carbocycles. The molecule has 19 heteroatoms. The van der Waals surface area contributed by atoms with Gasteiger partial charge in [-0.25, -0.2) is 24.4 Å². The van der Waals surface area contributed by atoms with Gasteiger partial charge in [-0.3, -0.25) is 4.79 Å². The lowest BCUT2D eigenvalue weighted by atomic mass is 9.96. The first-order valence-electron chi connectivity index (χ1n) is 21.4. The van der Waals surface area contributed by atoms with Crippen molar-refractivity contribution < 1.29 is 38.1 Å². The van der Waals surface area contributed by atoms with Gasteiger partial charge in [-0.05, 0) is 104 Å². The molecule has 0 spiro atoms. The number of ether oxygens (including phenoxy) is 4. The molecule has 2 aromatic heterocycles. The van der Waals surface area contributed by atoms with E-state index in [1.54, 1.807) is 65.8 Å². The predicted molar refractivity (Wildman–Crippen MR) is 255 cm³/mol. The Morgan fingerprint density at radius 1 is 0.833 bits per heavy atom. The largest absolute Gasteiger partial charge is 0.490 e. The Hall–Kier alpha value is -6.08. The van der Waals surface area contributed by atoms with Crippen molar-refractivity contribution in [3.8, 4) is 39.6 Å². The van der Waals surface area contributed by atoms with Crippen molar-refractivity contribution >= 4 is 64.6 Å². The van der Waals surface area contributed by atoms with E-state index in [2.05, 4.69) is 33.4 Å². The fourth-order valence-corrected chi connectivity index (χ4v) is 7.93. The molecule has 0 aliphatic heterocycles. The van der Waals surface area contributed by atoms with Crippen LogP contribution in [0.1, 0.15) is 97.9 Å². The van der Waals surface area contributed by atoms with Crippen LogP contribution >= 0.6 is 34.7 Å². The van der Waals surface area contributed by atoms with E-state index in [-0.39, 0.29) is 30.8 Å². The average Bonchev–Trinajstić information content (AvgIpc) is 3.73. The number of benzene rings is 2. The number of carbonyl (C=O) groups excluding carboxylic acids is 4. The number of nitrogens with zero attached hydrogens (tertiary/aromatic N) is 4. The minimum absolute atomic E-state index is 0.0176. The molecule has 4 N–H and O–H groups in total. The molecular formula is C47H57ClN8O8S2. The number of rotatable bonds is 21. The number of carbonyl (C=O) groups is 4. The SMILES string of the molecule is CCCNc1nc(SCc2csc(-c3ccc(Cl)cc3)n2)c(C#N)c(-c2ccc(OCCOC(=O)[C@H](C)NC(=O)[C@H](CCCCNC(=O)OC(C)(C)C)NC(=O)OC(C)(C)C)cc2)c1C#N. The molecule has 2 heterocycles. The van der Waals surface area contributed by atoms with Gasteiger partial charge in [0, 0.05) is 40.4 Å². The minimum Gasteiger partial charge on any atom is -0.490 e. The van der Waals surface area contributed by atoms with E-state index in [4.69, 9.17) is 40.5 Å². The molecule has 0 aliphatic carbocycles. The van der Waals surface area contributed by atoms with Crippen LogP contribution in [0.2, 0.25) is 5.02 Å². The Morgan fingerprint density at radius 3 is 2.12 bits per heavy atom. The molecule has 0 bridgehead atoms. The molecule has 4 aromatic rings. The Labute approximate surface area is 399 Å². The summed E-state index contributed by atoms with van der Waals surface area (Å²) < 4.78 is 21.8. The van der Waals surface area contributed by atoms with E-state index in [1.165, 1.54) is 30.0 Å². The van der Waals surface area contributed by atoms with Crippen molar-refractivity contribution in [2.75, 3.05) is 31.6 Å². The Bertz CT molecular complexity index is 2370. The number of thiazole rings is 1. The number of amides is 3. The summed E-state index contributed by atoms with van der Waals surface area (Å²) in [7, 11) is 0. The number of esters is 1. The third-order valence-electron chi connectivity index (χ3n) is 8.98. The number of hydrogen-bond donors (Lipinski definition) is 4. The molecule has 4 rings (SSSR count). The lowest BCUT2D eigenvalue weighted by Crippen LogP contribution is -2.52. The summed E-state index contributed by atoms with van der Waals surface area (Å²) >= 11 is 8.93. The number of hydrogen-bond acceptors (Lipinski definition) is 15. The Balaban J connectivity index is 1.36. The molecular weight excluding hydrogens is 904 g/mol. The zero-order valence-electron chi connectivity index (χ0n) is 38.5. The second-order valence-corrected chi connectivity index (χ2v) is 19.1. The Morgan fingerprint density at radius 2 is 1.48 bits per heavy atom. The maximum atomic E-state index is 13.3. The van der Waals surface area contributed by atoms with Crippen LogP contribution in [-0.4, -0.2) is 83.6 Å². The van der Waals surface area contributed by atoms with Crippen molar-refractivity contribution in [2.24, 2.45) is 0 Å². The number of unbranched alkanes of at least 4 members (excludes halogenated alkanes) is 1. The predicted octanol–water partition coefficient (Wildman–Crippen LogP) is 9.40. The third kappa shape index (κ3) is 17.0. The molecule has 0 saturated carbocycles. The van der Waals surface area contributed by atoms with Crippen LogP contribution in [0.15, 0.2) is 58.9 Å². The van der Waals surface area contributed by atoms with Gasteiger partial charge >= 0.3 is 18.2 Å². The molecule has 3 amide bonds. The highest BCUT2D eigenvalue weighted by molar-refractivity contribution is 7.98.